The Labute approximate surface area is 255 Å². The third-order valence-corrected chi connectivity index (χ3v) is 6.34. The minimum atomic E-state index is -0.679. The molecular weight excluding hydrogens is 567 g/mol. The fourth-order valence-electron chi connectivity index (χ4n) is 4.38. The number of H-pyrrole nitrogens is 1. The number of aromatic nitrogens is 1. The number of alkyl carbamates (subject to hydrolysis) is 2. The van der Waals surface area contributed by atoms with Gasteiger partial charge in [0.2, 0.25) is 0 Å². The lowest BCUT2D eigenvalue weighted by Gasteiger charge is -2.21. The summed E-state index contributed by atoms with van der Waals surface area (Å²) in [5.74, 6) is -0.800. The Bertz CT molecular complexity index is 1550. The van der Waals surface area contributed by atoms with Crippen LogP contribution in [0.4, 0.5) is 14.0 Å². The molecule has 4 rings (SSSR count). The quantitative estimate of drug-likeness (QED) is 0.157. The van der Waals surface area contributed by atoms with Gasteiger partial charge in [0.25, 0.3) is 5.91 Å². The van der Waals surface area contributed by atoms with Crippen LogP contribution in [0.25, 0.3) is 22.0 Å². The van der Waals surface area contributed by atoms with Gasteiger partial charge in [0.05, 0.1) is 19.3 Å². The Morgan fingerprint density at radius 2 is 1.59 bits per heavy atom. The number of carbonyl (C=O) groups excluding carboxylic acids is 3. The van der Waals surface area contributed by atoms with Crippen LogP contribution in [-0.2, 0) is 20.8 Å². The van der Waals surface area contributed by atoms with Crippen molar-refractivity contribution in [2.75, 3.05) is 26.3 Å². The largest absolute Gasteiger partial charge is 0.445 e. The summed E-state index contributed by atoms with van der Waals surface area (Å²) >= 11 is 0. The third kappa shape index (κ3) is 9.56. The number of fused-ring (bicyclic) bond motifs is 1. The highest BCUT2D eigenvalue weighted by atomic mass is 19.1. The second-order valence-corrected chi connectivity index (χ2v) is 11.0. The standard InChI is InChI=1S/C33H37FN4O6/c1-33(2,3)44-31(40)35-17-18-42-21-25(37-32(41)43-20-22-9-5-4-6-10-22)19-36-30(39)29-28(23-13-15-24(34)16-14-23)26-11-7-8-12-27(26)38-29/h4-16,25,38H,17-21H2,1-3H3,(H,35,40)(H,36,39)(H,37,41)/t25-/m1/s1. The van der Waals surface area contributed by atoms with Crippen LogP contribution in [0.2, 0.25) is 0 Å². The van der Waals surface area contributed by atoms with Gasteiger partial charge in [-0.3, -0.25) is 4.79 Å². The molecule has 10 nitrogen and oxygen atoms in total. The number of hydrogen-bond acceptors (Lipinski definition) is 6. The van der Waals surface area contributed by atoms with E-state index in [9.17, 15) is 18.8 Å². The molecule has 4 N–H and O–H groups in total. The molecule has 3 aromatic carbocycles. The Morgan fingerprint density at radius 3 is 2.32 bits per heavy atom. The molecule has 0 aliphatic rings. The first kappa shape index (κ1) is 32.0. The SMILES string of the molecule is CC(C)(C)OC(=O)NCCOC[C@@H](CNC(=O)c1[nH]c2ccccc2c1-c1ccc(F)cc1)NC(=O)OCc1ccccc1. The summed E-state index contributed by atoms with van der Waals surface area (Å²) in [5.41, 5.74) is 2.55. The number of para-hydroxylation sites is 1. The van der Waals surface area contributed by atoms with E-state index in [1.807, 2.05) is 54.6 Å². The smallest absolute Gasteiger partial charge is 0.407 e. The van der Waals surface area contributed by atoms with Crippen LogP contribution in [0.1, 0.15) is 36.8 Å². The van der Waals surface area contributed by atoms with Crippen LogP contribution in [0.3, 0.4) is 0 Å². The average molecular weight is 605 g/mol. The first-order valence-electron chi connectivity index (χ1n) is 14.3. The van der Waals surface area contributed by atoms with Crippen LogP contribution in [0, 0.1) is 5.82 Å². The summed E-state index contributed by atoms with van der Waals surface area (Å²) in [6, 6.07) is 21.9. The number of carbonyl (C=O) groups is 3. The fourth-order valence-corrected chi connectivity index (χ4v) is 4.38. The fraction of sp³-hybridized carbons (Fsp3) is 0.303. The molecule has 0 unspecified atom stereocenters. The molecule has 0 radical (unpaired) electrons. The molecule has 0 saturated heterocycles. The van der Waals surface area contributed by atoms with E-state index in [1.54, 1.807) is 32.9 Å². The van der Waals surface area contributed by atoms with Gasteiger partial charge < -0.3 is 35.1 Å². The van der Waals surface area contributed by atoms with E-state index in [0.717, 1.165) is 16.5 Å². The number of amides is 3. The number of aromatic amines is 1. The van der Waals surface area contributed by atoms with E-state index in [1.165, 1.54) is 12.1 Å². The maximum absolute atomic E-state index is 13.7. The van der Waals surface area contributed by atoms with Crippen molar-refractivity contribution in [2.24, 2.45) is 0 Å². The average Bonchev–Trinajstić information content (AvgIpc) is 3.38. The second kappa shape index (κ2) is 15.0. The van der Waals surface area contributed by atoms with Crippen LogP contribution < -0.4 is 16.0 Å². The molecule has 0 spiro atoms. The maximum atomic E-state index is 13.7. The summed E-state index contributed by atoms with van der Waals surface area (Å²) in [7, 11) is 0. The molecule has 0 aliphatic heterocycles. The van der Waals surface area contributed by atoms with Crippen LogP contribution in [-0.4, -0.2) is 61.0 Å². The van der Waals surface area contributed by atoms with Gasteiger partial charge in [-0.15, -0.1) is 0 Å². The second-order valence-electron chi connectivity index (χ2n) is 11.0. The van der Waals surface area contributed by atoms with E-state index in [4.69, 9.17) is 14.2 Å². The molecule has 0 aliphatic carbocycles. The number of rotatable bonds is 12. The summed E-state index contributed by atoms with van der Waals surface area (Å²) < 4.78 is 29.9. The first-order valence-corrected chi connectivity index (χ1v) is 14.3. The predicted molar refractivity (Wildman–Crippen MR) is 165 cm³/mol. The normalized spacial score (nSPS) is 11.9. The lowest BCUT2D eigenvalue weighted by atomic mass is 10.0. The molecule has 1 atom stereocenters. The van der Waals surface area contributed by atoms with E-state index >= 15 is 0 Å². The molecule has 11 heteroatoms. The van der Waals surface area contributed by atoms with Crippen LogP contribution >= 0.6 is 0 Å². The Hall–Kier alpha value is -4.90. The molecular formula is C33H37FN4O6. The summed E-state index contributed by atoms with van der Waals surface area (Å²) in [4.78, 5) is 41.2. The monoisotopic (exact) mass is 604 g/mol. The molecule has 232 valence electrons. The lowest BCUT2D eigenvalue weighted by Crippen LogP contribution is -2.47. The molecule has 1 heterocycles. The van der Waals surface area contributed by atoms with Gasteiger partial charge in [0.15, 0.2) is 0 Å². The zero-order chi connectivity index (χ0) is 31.5. The number of halogens is 1. The van der Waals surface area contributed by atoms with Crippen molar-refractivity contribution < 1.29 is 33.0 Å². The predicted octanol–water partition coefficient (Wildman–Crippen LogP) is 5.54. The molecule has 0 bridgehead atoms. The van der Waals surface area contributed by atoms with Gasteiger partial charge in [-0.2, -0.15) is 0 Å². The van der Waals surface area contributed by atoms with Gasteiger partial charge >= 0.3 is 12.2 Å². The van der Waals surface area contributed by atoms with Crippen molar-refractivity contribution in [2.45, 2.75) is 39.0 Å². The molecule has 0 fully saturated rings. The van der Waals surface area contributed by atoms with Crippen molar-refractivity contribution >= 4 is 29.0 Å². The van der Waals surface area contributed by atoms with Crippen LogP contribution in [0.5, 0.6) is 0 Å². The van der Waals surface area contributed by atoms with Gasteiger partial charge in [-0.1, -0.05) is 60.7 Å². The highest BCUT2D eigenvalue weighted by Crippen LogP contribution is 2.32. The van der Waals surface area contributed by atoms with Crippen molar-refractivity contribution in [3.63, 3.8) is 0 Å². The summed E-state index contributed by atoms with van der Waals surface area (Å²) in [5, 5.41) is 9.02. The number of nitrogens with one attached hydrogen (secondary N) is 4. The van der Waals surface area contributed by atoms with Crippen molar-refractivity contribution in [3.8, 4) is 11.1 Å². The number of ether oxygens (including phenoxy) is 3. The Morgan fingerprint density at radius 1 is 0.886 bits per heavy atom. The van der Waals surface area contributed by atoms with Crippen LogP contribution in [0.15, 0.2) is 78.9 Å². The van der Waals surface area contributed by atoms with Gasteiger partial charge in [0, 0.05) is 29.6 Å². The van der Waals surface area contributed by atoms with E-state index < -0.39 is 29.7 Å². The maximum Gasteiger partial charge on any atom is 0.407 e. The van der Waals surface area contributed by atoms with Gasteiger partial charge in [-0.25, -0.2) is 14.0 Å². The molecule has 4 aromatic rings. The van der Waals surface area contributed by atoms with Crippen molar-refractivity contribution in [1.82, 2.24) is 20.9 Å². The first-order chi connectivity index (χ1) is 21.1. The Balaban J connectivity index is 1.41. The van der Waals surface area contributed by atoms with E-state index in [-0.39, 0.29) is 38.7 Å². The lowest BCUT2D eigenvalue weighted by molar-refractivity contribution is 0.0490. The molecule has 1 aromatic heterocycles. The molecule has 44 heavy (non-hydrogen) atoms. The molecule has 0 saturated carbocycles. The van der Waals surface area contributed by atoms with Gasteiger partial charge in [-0.05, 0) is 50.1 Å². The summed E-state index contributed by atoms with van der Waals surface area (Å²) in [6.45, 7) is 5.73. The number of benzene rings is 3. The highest BCUT2D eigenvalue weighted by molar-refractivity contribution is 6.09. The van der Waals surface area contributed by atoms with Gasteiger partial charge in [0.1, 0.15) is 23.7 Å². The van der Waals surface area contributed by atoms with Crippen molar-refractivity contribution in [1.29, 1.82) is 0 Å². The molecule has 3 amide bonds. The Kier molecular flexibility index (Phi) is 10.9. The highest BCUT2D eigenvalue weighted by Gasteiger charge is 2.22. The van der Waals surface area contributed by atoms with E-state index in [0.29, 0.717) is 16.8 Å². The zero-order valence-corrected chi connectivity index (χ0v) is 24.9. The van der Waals surface area contributed by atoms with Crippen molar-refractivity contribution in [3.05, 3.63) is 95.9 Å². The summed E-state index contributed by atoms with van der Waals surface area (Å²) in [6.07, 6.45) is -1.25. The minimum Gasteiger partial charge on any atom is -0.445 e. The number of hydrogen-bond donors (Lipinski definition) is 4. The zero-order valence-electron chi connectivity index (χ0n) is 24.9. The topological polar surface area (TPSA) is 131 Å². The minimum absolute atomic E-state index is 0.0109. The van der Waals surface area contributed by atoms with E-state index in [2.05, 4.69) is 20.9 Å². The third-order valence-electron chi connectivity index (χ3n) is 6.34.